The number of halogens is 2. The number of hydrogen-bond acceptors (Lipinski definition) is 6. The molecular weight excluding hydrogens is 498 g/mol. The number of para-hydroxylation sites is 3. The van der Waals surface area contributed by atoms with Gasteiger partial charge in [0.2, 0.25) is 5.91 Å². The third kappa shape index (κ3) is 6.26. The fraction of sp³-hybridized carbons (Fsp3) is 0.222. The number of methoxy groups -OCH3 is 1. The number of thioether (sulfide) groups is 1. The third-order valence-corrected chi connectivity index (χ3v) is 6.42. The van der Waals surface area contributed by atoms with Crippen molar-refractivity contribution in [3.8, 4) is 28.6 Å². The van der Waals surface area contributed by atoms with Gasteiger partial charge in [0.1, 0.15) is 11.5 Å². The van der Waals surface area contributed by atoms with Crippen molar-refractivity contribution in [2.45, 2.75) is 31.5 Å². The van der Waals surface area contributed by atoms with Crippen LogP contribution in [0.15, 0.2) is 78.0 Å². The summed E-state index contributed by atoms with van der Waals surface area (Å²) >= 11 is 1.20. The molecule has 37 heavy (non-hydrogen) atoms. The summed E-state index contributed by atoms with van der Waals surface area (Å²) in [4.78, 5) is 12.7. The lowest BCUT2D eigenvalue weighted by Gasteiger charge is -2.17. The fourth-order valence-corrected chi connectivity index (χ4v) is 4.52. The minimum absolute atomic E-state index is 0.0202. The number of benzene rings is 3. The second-order valence-electron chi connectivity index (χ2n) is 8.30. The van der Waals surface area contributed by atoms with Gasteiger partial charge in [0.25, 0.3) is 0 Å². The number of hydrogen-bond donors (Lipinski definition) is 1. The standard InChI is InChI=1S/C27H26F2N4O3S/c1-17(2)20-8-4-6-10-22(20)33-25(18-12-14-19(35-3)15-13-18)31-32-27(33)37-16-24(34)30-21-9-5-7-11-23(21)36-26(28)29/h4-15,17,26H,16H2,1-3H3,(H,30,34). The summed E-state index contributed by atoms with van der Waals surface area (Å²) in [7, 11) is 1.61. The Morgan fingerprint density at radius 3 is 2.41 bits per heavy atom. The predicted octanol–water partition coefficient (Wildman–Crippen LogP) is 6.40. The van der Waals surface area contributed by atoms with Gasteiger partial charge in [-0.2, -0.15) is 8.78 Å². The van der Waals surface area contributed by atoms with Gasteiger partial charge < -0.3 is 14.8 Å². The highest BCUT2D eigenvalue weighted by atomic mass is 32.2. The van der Waals surface area contributed by atoms with Crippen LogP contribution in [0, 0.1) is 0 Å². The van der Waals surface area contributed by atoms with Gasteiger partial charge in [-0.1, -0.05) is 55.9 Å². The normalized spacial score (nSPS) is 11.1. The van der Waals surface area contributed by atoms with Crippen LogP contribution >= 0.6 is 11.8 Å². The Morgan fingerprint density at radius 2 is 1.70 bits per heavy atom. The molecule has 1 N–H and O–H groups in total. The van der Waals surface area contributed by atoms with E-state index >= 15 is 0 Å². The van der Waals surface area contributed by atoms with E-state index in [0.717, 1.165) is 22.6 Å². The van der Waals surface area contributed by atoms with Crippen LogP contribution in [0.1, 0.15) is 25.3 Å². The van der Waals surface area contributed by atoms with Crippen LogP contribution in [0.2, 0.25) is 0 Å². The van der Waals surface area contributed by atoms with Gasteiger partial charge >= 0.3 is 6.61 Å². The van der Waals surface area contributed by atoms with Crippen molar-refractivity contribution < 1.29 is 23.0 Å². The van der Waals surface area contributed by atoms with Crippen LogP contribution in [0.5, 0.6) is 11.5 Å². The first-order chi connectivity index (χ1) is 17.9. The first-order valence-corrected chi connectivity index (χ1v) is 12.5. The zero-order chi connectivity index (χ0) is 26.4. The van der Waals surface area contributed by atoms with Crippen molar-refractivity contribution in [2.75, 3.05) is 18.2 Å². The molecule has 0 fully saturated rings. The highest BCUT2D eigenvalue weighted by Crippen LogP contribution is 2.33. The van der Waals surface area contributed by atoms with Gasteiger partial charge in [-0.15, -0.1) is 10.2 Å². The molecule has 0 unspecified atom stereocenters. The van der Waals surface area contributed by atoms with Crippen LogP contribution in [-0.2, 0) is 4.79 Å². The molecule has 192 valence electrons. The maximum absolute atomic E-state index is 12.7. The number of nitrogens with one attached hydrogen (secondary N) is 1. The molecule has 3 aromatic carbocycles. The van der Waals surface area contributed by atoms with Crippen molar-refractivity contribution in [1.82, 2.24) is 14.8 Å². The van der Waals surface area contributed by atoms with Crippen molar-refractivity contribution in [2.24, 2.45) is 0 Å². The number of alkyl halides is 2. The van der Waals surface area contributed by atoms with E-state index in [4.69, 9.17) is 4.74 Å². The Kier molecular flexibility index (Phi) is 8.39. The van der Waals surface area contributed by atoms with Gasteiger partial charge in [0, 0.05) is 5.56 Å². The van der Waals surface area contributed by atoms with Crippen molar-refractivity contribution >= 4 is 23.4 Å². The van der Waals surface area contributed by atoms with Gasteiger partial charge in [-0.25, -0.2) is 0 Å². The molecule has 10 heteroatoms. The molecule has 0 saturated heterocycles. The van der Waals surface area contributed by atoms with E-state index < -0.39 is 12.5 Å². The smallest absolute Gasteiger partial charge is 0.387 e. The highest BCUT2D eigenvalue weighted by molar-refractivity contribution is 7.99. The Balaban J connectivity index is 1.64. The number of nitrogens with zero attached hydrogens (tertiary/aromatic N) is 3. The highest BCUT2D eigenvalue weighted by Gasteiger charge is 2.21. The molecule has 0 radical (unpaired) electrons. The van der Waals surface area contributed by atoms with Gasteiger partial charge in [-0.05, 0) is 53.9 Å². The molecule has 4 rings (SSSR count). The molecule has 1 aromatic heterocycles. The van der Waals surface area contributed by atoms with Crippen LogP contribution in [0.4, 0.5) is 14.5 Å². The largest absolute Gasteiger partial charge is 0.497 e. The maximum Gasteiger partial charge on any atom is 0.387 e. The van der Waals surface area contributed by atoms with E-state index in [9.17, 15) is 13.6 Å². The maximum atomic E-state index is 12.7. The first-order valence-electron chi connectivity index (χ1n) is 11.5. The summed E-state index contributed by atoms with van der Waals surface area (Å²) < 4.78 is 37.2. The van der Waals surface area contributed by atoms with E-state index in [-0.39, 0.29) is 23.1 Å². The van der Waals surface area contributed by atoms with Crippen molar-refractivity contribution in [1.29, 1.82) is 0 Å². The van der Waals surface area contributed by atoms with Gasteiger partial charge in [0.15, 0.2) is 11.0 Å². The molecule has 7 nitrogen and oxygen atoms in total. The Bertz CT molecular complexity index is 1360. The Morgan fingerprint density at radius 1 is 1.00 bits per heavy atom. The first kappa shape index (κ1) is 26.2. The van der Waals surface area contributed by atoms with Crippen molar-refractivity contribution in [3.05, 3.63) is 78.4 Å². The quantitative estimate of drug-likeness (QED) is 0.242. The lowest BCUT2D eigenvalue weighted by molar-refractivity contribution is -0.113. The summed E-state index contributed by atoms with van der Waals surface area (Å²) in [6.07, 6.45) is 0. The van der Waals surface area contributed by atoms with Crippen LogP contribution in [0.3, 0.4) is 0 Å². The molecule has 0 aliphatic rings. The zero-order valence-corrected chi connectivity index (χ0v) is 21.3. The van der Waals surface area contributed by atoms with Gasteiger partial charge in [-0.3, -0.25) is 9.36 Å². The topological polar surface area (TPSA) is 78.3 Å². The second-order valence-corrected chi connectivity index (χ2v) is 9.24. The second kappa shape index (κ2) is 11.9. The summed E-state index contributed by atoms with van der Waals surface area (Å²) in [6.45, 7) is 1.22. The molecular formula is C27H26F2N4O3S. The summed E-state index contributed by atoms with van der Waals surface area (Å²) in [5.41, 5.74) is 3.01. The Hall–Kier alpha value is -3.92. The van der Waals surface area contributed by atoms with E-state index in [0.29, 0.717) is 11.0 Å². The zero-order valence-electron chi connectivity index (χ0n) is 20.5. The molecule has 1 heterocycles. The minimum atomic E-state index is -3.00. The van der Waals surface area contributed by atoms with Crippen molar-refractivity contribution in [3.63, 3.8) is 0 Å². The average Bonchev–Trinajstić information content (AvgIpc) is 3.32. The summed E-state index contributed by atoms with van der Waals surface area (Å²) in [5.74, 6) is 1.05. The third-order valence-electron chi connectivity index (χ3n) is 5.49. The minimum Gasteiger partial charge on any atom is -0.497 e. The molecule has 0 aliphatic heterocycles. The average molecular weight is 525 g/mol. The molecule has 4 aromatic rings. The van der Waals surface area contributed by atoms with Crippen LogP contribution < -0.4 is 14.8 Å². The molecule has 0 bridgehead atoms. The number of amides is 1. The predicted molar refractivity (Wildman–Crippen MR) is 140 cm³/mol. The van der Waals surface area contributed by atoms with E-state index in [1.165, 1.54) is 23.9 Å². The number of carbonyl (C=O) groups excluding carboxylic acids is 1. The van der Waals surface area contributed by atoms with E-state index in [2.05, 4.69) is 40.2 Å². The molecule has 0 spiro atoms. The van der Waals surface area contributed by atoms with Crippen LogP contribution in [-0.4, -0.2) is 40.1 Å². The summed E-state index contributed by atoms with van der Waals surface area (Å²) in [5, 5.41) is 12.0. The van der Waals surface area contributed by atoms with Gasteiger partial charge in [0.05, 0.1) is 24.2 Å². The number of ether oxygens (including phenoxy) is 2. The lowest BCUT2D eigenvalue weighted by atomic mass is 10.0. The number of anilines is 1. The van der Waals surface area contributed by atoms with Crippen LogP contribution in [0.25, 0.3) is 17.1 Å². The lowest BCUT2D eigenvalue weighted by Crippen LogP contribution is -2.16. The SMILES string of the molecule is COc1ccc(-c2nnc(SCC(=O)Nc3ccccc3OC(F)F)n2-c2ccccc2C(C)C)cc1. The molecule has 0 saturated carbocycles. The molecule has 0 atom stereocenters. The number of aromatic nitrogens is 3. The summed E-state index contributed by atoms with van der Waals surface area (Å²) in [6, 6.07) is 21.5. The molecule has 0 aliphatic carbocycles. The van der Waals surface area contributed by atoms with E-state index in [1.54, 1.807) is 19.2 Å². The monoisotopic (exact) mass is 524 g/mol. The molecule has 1 amide bonds. The Labute approximate surface area is 217 Å². The van der Waals surface area contributed by atoms with E-state index in [1.807, 2.05) is 47.0 Å². The number of carbonyl (C=O) groups is 1. The number of rotatable bonds is 10. The fourth-order valence-electron chi connectivity index (χ4n) is 3.77.